The number of carbonyl (C=O) groups is 1. The Hall–Kier alpha value is -2.38. The average molecular weight is 350 g/mol. The number of aromatic amines is 1. The summed E-state index contributed by atoms with van der Waals surface area (Å²) in [4.78, 5) is 14.1. The molecule has 8 heteroatoms. The molecule has 2 fully saturated rings. The molecule has 5 nitrogen and oxygen atoms in total. The van der Waals surface area contributed by atoms with Gasteiger partial charge in [-0.1, -0.05) is 23.4 Å². The molecule has 2 heterocycles. The highest BCUT2D eigenvalue weighted by Crippen LogP contribution is 2.48. The van der Waals surface area contributed by atoms with Crippen LogP contribution < -0.4 is 0 Å². The first kappa shape index (κ1) is 16.1. The first-order valence-corrected chi connectivity index (χ1v) is 8.25. The van der Waals surface area contributed by atoms with Gasteiger partial charge in [-0.15, -0.1) is 5.10 Å². The fourth-order valence-electron chi connectivity index (χ4n) is 4.30. The van der Waals surface area contributed by atoms with E-state index in [2.05, 4.69) is 15.4 Å². The smallest absolute Gasteiger partial charge is 0.337 e. The van der Waals surface area contributed by atoms with Gasteiger partial charge in [-0.2, -0.15) is 13.2 Å². The monoisotopic (exact) mass is 350 g/mol. The van der Waals surface area contributed by atoms with E-state index in [-0.39, 0.29) is 29.4 Å². The highest BCUT2D eigenvalue weighted by Gasteiger charge is 2.45. The number of fused-ring (bicyclic) bond motifs is 1. The number of H-pyrrole nitrogens is 1. The number of hydrogen-bond acceptors (Lipinski definition) is 3. The van der Waals surface area contributed by atoms with Crippen LogP contribution >= 0.6 is 0 Å². The van der Waals surface area contributed by atoms with Crippen molar-refractivity contribution in [3.05, 3.63) is 47.3 Å². The molecular weight excluding hydrogens is 333 g/mol. The maximum absolute atomic E-state index is 13.2. The number of carbonyl (C=O) groups excluding carboxylic acids is 1. The zero-order valence-electron chi connectivity index (χ0n) is 13.3. The lowest BCUT2D eigenvalue weighted by Crippen LogP contribution is -2.30. The van der Waals surface area contributed by atoms with E-state index in [1.807, 2.05) is 0 Å². The molecule has 25 heavy (non-hydrogen) atoms. The predicted molar refractivity (Wildman–Crippen MR) is 82.7 cm³/mol. The van der Waals surface area contributed by atoms with Gasteiger partial charge in [0.25, 0.3) is 5.91 Å². The molecule has 132 valence electrons. The third-order valence-electron chi connectivity index (χ3n) is 5.38. The summed E-state index contributed by atoms with van der Waals surface area (Å²) < 4.78 is 39.7. The highest BCUT2D eigenvalue weighted by atomic mass is 19.4. The highest BCUT2D eigenvalue weighted by molar-refractivity contribution is 5.92. The van der Waals surface area contributed by atoms with Gasteiger partial charge in [-0.3, -0.25) is 9.89 Å². The number of aromatic nitrogens is 3. The number of halogens is 3. The number of alkyl halides is 3. The van der Waals surface area contributed by atoms with Crippen molar-refractivity contribution in [1.82, 2.24) is 20.3 Å². The number of amides is 1. The van der Waals surface area contributed by atoms with Gasteiger partial charge < -0.3 is 4.90 Å². The molecule has 1 aliphatic heterocycles. The number of rotatable bonds is 2. The Morgan fingerprint density at radius 1 is 1.16 bits per heavy atom. The second-order valence-corrected chi connectivity index (χ2v) is 6.84. The van der Waals surface area contributed by atoms with Gasteiger partial charge >= 0.3 is 6.18 Å². The van der Waals surface area contributed by atoms with Crippen LogP contribution in [0.3, 0.4) is 0 Å². The third-order valence-corrected chi connectivity index (χ3v) is 5.38. The summed E-state index contributed by atoms with van der Waals surface area (Å²) in [5.74, 6) is 0.205. The lowest BCUT2D eigenvalue weighted by Gasteiger charge is -2.21. The Morgan fingerprint density at radius 3 is 2.44 bits per heavy atom. The normalized spacial score (nSPS) is 26.0. The second-order valence-electron chi connectivity index (χ2n) is 6.84. The first-order valence-electron chi connectivity index (χ1n) is 8.25. The van der Waals surface area contributed by atoms with Crippen LogP contribution in [0.5, 0.6) is 0 Å². The second kappa shape index (κ2) is 5.86. The van der Waals surface area contributed by atoms with E-state index in [4.69, 9.17) is 0 Å². The molecular formula is C17H17F3N4O. The fraction of sp³-hybridized carbons (Fsp3) is 0.471. The Kier molecular flexibility index (Phi) is 3.77. The zero-order chi connectivity index (χ0) is 17.6. The molecule has 1 saturated carbocycles. The van der Waals surface area contributed by atoms with E-state index in [1.165, 1.54) is 12.3 Å². The van der Waals surface area contributed by atoms with E-state index in [0.717, 1.165) is 6.07 Å². The van der Waals surface area contributed by atoms with E-state index in [9.17, 15) is 18.0 Å². The Morgan fingerprint density at radius 2 is 1.84 bits per heavy atom. The summed E-state index contributed by atoms with van der Waals surface area (Å²) >= 11 is 0. The lowest BCUT2D eigenvalue weighted by molar-refractivity contribution is -0.138. The molecule has 1 amide bonds. The molecule has 2 aromatic rings. The Labute approximate surface area is 142 Å². The SMILES string of the molecule is O=C(c1c[nH]nn1)N1C[C@H]2C[C@H](c3ccccc3C(F)(F)F)C[C@H]2C1. The van der Waals surface area contributed by atoms with E-state index in [1.54, 1.807) is 17.0 Å². The van der Waals surface area contributed by atoms with Crippen molar-refractivity contribution in [3.63, 3.8) is 0 Å². The molecule has 1 aliphatic carbocycles. The van der Waals surface area contributed by atoms with Gasteiger partial charge in [-0.25, -0.2) is 0 Å². The number of nitrogens with zero attached hydrogens (tertiary/aromatic N) is 3. The van der Waals surface area contributed by atoms with E-state index in [0.29, 0.717) is 31.5 Å². The molecule has 2 aliphatic rings. The number of hydrogen-bond donors (Lipinski definition) is 1. The molecule has 0 spiro atoms. The van der Waals surface area contributed by atoms with Gasteiger partial charge in [0.2, 0.25) is 0 Å². The summed E-state index contributed by atoms with van der Waals surface area (Å²) in [6.45, 7) is 1.14. The van der Waals surface area contributed by atoms with Crippen molar-refractivity contribution in [3.8, 4) is 0 Å². The van der Waals surface area contributed by atoms with Crippen LogP contribution in [-0.2, 0) is 6.18 Å². The maximum atomic E-state index is 13.2. The zero-order valence-corrected chi connectivity index (χ0v) is 13.3. The predicted octanol–water partition coefficient (Wildman–Crippen LogP) is 3.09. The molecule has 1 N–H and O–H groups in total. The fourth-order valence-corrected chi connectivity index (χ4v) is 4.30. The topological polar surface area (TPSA) is 61.9 Å². The van der Waals surface area contributed by atoms with Gasteiger partial charge in [-0.05, 0) is 42.2 Å². The molecule has 0 unspecified atom stereocenters. The molecule has 0 radical (unpaired) electrons. The van der Waals surface area contributed by atoms with Crippen LogP contribution in [0.4, 0.5) is 13.2 Å². The van der Waals surface area contributed by atoms with Gasteiger partial charge in [0.15, 0.2) is 5.69 Å². The summed E-state index contributed by atoms with van der Waals surface area (Å²) in [7, 11) is 0. The van der Waals surface area contributed by atoms with Crippen LogP contribution in [0.25, 0.3) is 0 Å². The van der Waals surface area contributed by atoms with Gasteiger partial charge in [0.05, 0.1) is 11.8 Å². The minimum atomic E-state index is -4.33. The molecule has 3 atom stereocenters. The number of benzene rings is 1. The van der Waals surface area contributed by atoms with Crippen LogP contribution in [-0.4, -0.2) is 39.3 Å². The largest absolute Gasteiger partial charge is 0.416 e. The van der Waals surface area contributed by atoms with Crippen LogP contribution in [0.15, 0.2) is 30.5 Å². The molecule has 1 aromatic heterocycles. The maximum Gasteiger partial charge on any atom is 0.416 e. The van der Waals surface area contributed by atoms with E-state index >= 15 is 0 Å². The van der Waals surface area contributed by atoms with Crippen molar-refractivity contribution < 1.29 is 18.0 Å². The van der Waals surface area contributed by atoms with Crippen LogP contribution in [0.2, 0.25) is 0 Å². The summed E-state index contributed by atoms with van der Waals surface area (Å²) in [5, 5.41) is 9.79. The summed E-state index contributed by atoms with van der Waals surface area (Å²) in [6.07, 6.45) is -1.51. The number of likely N-dealkylation sites (tertiary alicyclic amines) is 1. The third kappa shape index (κ3) is 2.89. The van der Waals surface area contributed by atoms with Crippen LogP contribution in [0.1, 0.15) is 40.4 Å². The number of nitrogens with one attached hydrogen (secondary N) is 1. The molecule has 1 aromatic carbocycles. The van der Waals surface area contributed by atoms with Crippen LogP contribution in [0, 0.1) is 11.8 Å². The standard InChI is InChI=1S/C17H17F3N4O/c18-17(19,20)14-4-2-1-3-13(14)10-5-11-8-24(9-12(11)6-10)16(25)15-7-21-23-22-15/h1-4,7,10-12H,5-6,8-9H2,(H,21,22,23)/t10-,11+,12-. The van der Waals surface area contributed by atoms with E-state index < -0.39 is 11.7 Å². The Bertz CT molecular complexity index is 760. The lowest BCUT2D eigenvalue weighted by atomic mass is 9.91. The van der Waals surface area contributed by atoms with Gasteiger partial charge in [0.1, 0.15) is 0 Å². The Balaban J connectivity index is 1.48. The van der Waals surface area contributed by atoms with Crippen molar-refractivity contribution >= 4 is 5.91 Å². The molecule has 4 rings (SSSR count). The quantitative estimate of drug-likeness (QED) is 0.905. The van der Waals surface area contributed by atoms with Gasteiger partial charge in [0, 0.05) is 13.1 Å². The first-order chi connectivity index (χ1) is 11.9. The van der Waals surface area contributed by atoms with Crippen molar-refractivity contribution in [1.29, 1.82) is 0 Å². The molecule has 1 saturated heterocycles. The minimum absolute atomic E-state index is 0.0999. The average Bonchev–Trinajstić information content (AvgIpc) is 3.29. The van der Waals surface area contributed by atoms with Crippen molar-refractivity contribution in [2.24, 2.45) is 11.8 Å². The van der Waals surface area contributed by atoms with Crippen molar-refractivity contribution in [2.45, 2.75) is 24.9 Å². The summed E-state index contributed by atoms with van der Waals surface area (Å²) in [6, 6.07) is 5.84. The van der Waals surface area contributed by atoms with Crippen molar-refractivity contribution in [2.75, 3.05) is 13.1 Å². The summed E-state index contributed by atoms with van der Waals surface area (Å²) in [5.41, 5.74) is 0.133. The molecule has 0 bridgehead atoms. The minimum Gasteiger partial charge on any atom is -0.337 e.